The molecule has 2 aromatic heterocycles. The summed E-state index contributed by atoms with van der Waals surface area (Å²) in [6.07, 6.45) is -4.16. The van der Waals surface area contributed by atoms with Crippen LogP contribution in [0.2, 0.25) is 5.15 Å². The van der Waals surface area contributed by atoms with Crippen LogP contribution in [0.25, 0.3) is 0 Å². The van der Waals surface area contributed by atoms with E-state index in [1.54, 1.807) is 6.92 Å². The zero-order valence-electron chi connectivity index (χ0n) is 14.7. The fourth-order valence-corrected chi connectivity index (χ4v) is 3.88. The van der Waals surface area contributed by atoms with Crippen LogP contribution in [0.15, 0.2) is 23.2 Å². The van der Waals surface area contributed by atoms with Gasteiger partial charge in [-0.25, -0.2) is 17.8 Å². The van der Waals surface area contributed by atoms with Crippen molar-refractivity contribution in [1.82, 2.24) is 14.3 Å². The average molecular weight is 443 g/mol. The number of anilines is 1. The first kappa shape index (κ1) is 22.1. The van der Waals surface area contributed by atoms with Gasteiger partial charge >= 0.3 is 6.18 Å². The minimum absolute atomic E-state index is 0.0660. The molecule has 154 valence electrons. The summed E-state index contributed by atoms with van der Waals surface area (Å²) in [7, 11) is -3.70. The van der Waals surface area contributed by atoms with E-state index >= 15 is 0 Å². The van der Waals surface area contributed by atoms with Crippen LogP contribution in [0.1, 0.15) is 23.1 Å². The van der Waals surface area contributed by atoms with E-state index < -0.39 is 44.6 Å². The van der Waals surface area contributed by atoms with Crippen molar-refractivity contribution in [3.8, 4) is 0 Å². The van der Waals surface area contributed by atoms with Gasteiger partial charge in [-0.2, -0.15) is 17.9 Å². The summed E-state index contributed by atoms with van der Waals surface area (Å²) in [5.41, 5.74) is -0.0503. The van der Waals surface area contributed by atoms with Crippen LogP contribution in [0.4, 0.5) is 23.2 Å². The first-order valence-corrected chi connectivity index (χ1v) is 9.48. The number of aromatic nitrogens is 2. The molecule has 2 heterocycles. The van der Waals surface area contributed by atoms with Gasteiger partial charge in [0.2, 0.25) is 10.0 Å². The molecule has 0 spiro atoms. The molecule has 28 heavy (non-hydrogen) atoms. The van der Waals surface area contributed by atoms with Crippen molar-refractivity contribution in [1.29, 1.82) is 0 Å². The average Bonchev–Trinajstić information content (AvgIpc) is 2.80. The Morgan fingerprint density at radius 3 is 2.46 bits per heavy atom. The van der Waals surface area contributed by atoms with Gasteiger partial charge in [-0.15, -0.1) is 0 Å². The first-order chi connectivity index (χ1) is 12.7. The molecule has 0 saturated carbocycles. The molecule has 2 rings (SSSR count). The number of nitrogens with zero attached hydrogens (tertiary/aromatic N) is 2. The third kappa shape index (κ3) is 4.80. The quantitative estimate of drug-likeness (QED) is 0.550. The van der Waals surface area contributed by atoms with Gasteiger partial charge in [0, 0.05) is 24.6 Å². The molecule has 1 atom stereocenters. The van der Waals surface area contributed by atoms with Crippen LogP contribution in [0, 0.1) is 12.7 Å². The molecular formula is C15H15ClF4N4O3S. The standard InChI is InChI=1S/C15H15ClF4N4O3S/c1-7-4-9(5-11(16)21-7)22-14(25)13-12(17)10(6-24(13)3)28(26,27)23-8(2)15(18,19)20/h4-6,8,23H,1-3H3,(H,21,22,25). The highest BCUT2D eigenvalue weighted by Crippen LogP contribution is 2.25. The van der Waals surface area contributed by atoms with Gasteiger partial charge in [0.1, 0.15) is 21.8 Å². The number of rotatable bonds is 5. The second-order valence-electron chi connectivity index (χ2n) is 5.93. The summed E-state index contributed by atoms with van der Waals surface area (Å²) in [6, 6.07) is 0.281. The molecule has 0 fully saturated rings. The summed E-state index contributed by atoms with van der Waals surface area (Å²) < 4.78 is 78.9. The summed E-state index contributed by atoms with van der Waals surface area (Å²) >= 11 is 5.77. The fraction of sp³-hybridized carbons (Fsp3) is 0.333. The number of carbonyl (C=O) groups excluding carboxylic acids is 1. The number of hydrogen-bond donors (Lipinski definition) is 2. The number of carbonyl (C=O) groups is 1. The maximum Gasteiger partial charge on any atom is 0.404 e. The number of alkyl halides is 3. The van der Waals surface area contributed by atoms with Crippen molar-refractivity contribution in [2.45, 2.75) is 31.0 Å². The highest BCUT2D eigenvalue weighted by Gasteiger charge is 2.40. The van der Waals surface area contributed by atoms with Crippen molar-refractivity contribution in [2.75, 3.05) is 5.32 Å². The van der Waals surface area contributed by atoms with Crippen LogP contribution in [-0.2, 0) is 17.1 Å². The van der Waals surface area contributed by atoms with Crippen LogP contribution in [-0.4, -0.2) is 36.1 Å². The Balaban J connectivity index is 2.36. The molecule has 0 aromatic carbocycles. The Hall–Kier alpha value is -2.18. The van der Waals surface area contributed by atoms with Crippen LogP contribution < -0.4 is 10.0 Å². The molecule has 0 aliphatic rings. The molecule has 0 aliphatic heterocycles. The highest BCUT2D eigenvalue weighted by atomic mass is 35.5. The van der Waals surface area contributed by atoms with Gasteiger partial charge in [0.25, 0.3) is 5.91 Å². The lowest BCUT2D eigenvalue weighted by molar-refractivity contribution is -0.147. The number of sulfonamides is 1. The van der Waals surface area contributed by atoms with E-state index in [-0.39, 0.29) is 10.8 Å². The second-order valence-corrected chi connectivity index (χ2v) is 8.00. The predicted octanol–water partition coefficient (Wildman–Crippen LogP) is 3.00. The van der Waals surface area contributed by atoms with Crippen molar-refractivity contribution in [3.63, 3.8) is 0 Å². The number of amides is 1. The van der Waals surface area contributed by atoms with Gasteiger partial charge in [-0.3, -0.25) is 4.79 Å². The van der Waals surface area contributed by atoms with Crippen LogP contribution >= 0.6 is 11.6 Å². The molecular weight excluding hydrogens is 428 g/mol. The van der Waals surface area contributed by atoms with E-state index in [1.807, 2.05) is 0 Å². The molecule has 2 aromatic rings. The van der Waals surface area contributed by atoms with Gasteiger partial charge in [0.15, 0.2) is 5.82 Å². The van der Waals surface area contributed by atoms with Crippen molar-refractivity contribution in [2.24, 2.45) is 7.05 Å². The lowest BCUT2D eigenvalue weighted by Crippen LogP contribution is -2.43. The number of pyridine rings is 1. The molecule has 13 heteroatoms. The largest absolute Gasteiger partial charge is 0.404 e. The smallest absolute Gasteiger partial charge is 0.343 e. The molecule has 0 radical (unpaired) electrons. The van der Waals surface area contributed by atoms with E-state index in [2.05, 4.69) is 10.3 Å². The van der Waals surface area contributed by atoms with Gasteiger partial charge < -0.3 is 9.88 Å². The molecule has 1 amide bonds. The Labute approximate surface area is 162 Å². The summed E-state index contributed by atoms with van der Waals surface area (Å²) in [5, 5.41) is 2.40. The van der Waals surface area contributed by atoms with E-state index in [0.717, 1.165) is 4.57 Å². The topological polar surface area (TPSA) is 93.1 Å². The van der Waals surface area contributed by atoms with E-state index in [4.69, 9.17) is 11.6 Å². The zero-order chi connectivity index (χ0) is 21.4. The zero-order valence-corrected chi connectivity index (χ0v) is 16.3. The van der Waals surface area contributed by atoms with E-state index in [9.17, 15) is 30.8 Å². The maximum atomic E-state index is 14.6. The maximum absolute atomic E-state index is 14.6. The minimum Gasteiger partial charge on any atom is -0.343 e. The Bertz CT molecular complexity index is 1000. The highest BCUT2D eigenvalue weighted by molar-refractivity contribution is 7.89. The second kappa shape index (κ2) is 7.68. The predicted molar refractivity (Wildman–Crippen MR) is 93.1 cm³/mol. The number of hydrogen-bond acceptors (Lipinski definition) is 4. The lowest BCUT2D eigenvalue weighted by atomic mass is 10.3. The SMILES string of the molecule is Cc1cc(NC(=O)c2c(F)c(S(=O)(=O)NC(C)C(F)(F)F)cn2C)cc(Cl)n1. The van der Waals surface area contributed by atoms with Gasteiger partial charge in [0.05, 0.1) is 0 Å². The lowest BCUT2D eigenvalue weighted by Gasteiger charge is -2.16. The van der Waals surface area contributed by atoms with Crippen LogP contribution in [0.5, 0.6) is 0 Å². The monoisotopic (exact) mass is 442 g/mol. The molecule has 2 N–H and O–H groups in total. The van der Waals surface area contributed by atoms with Gasteiger partial charge in [-0.05, 0) is 26.0 Å². The molecule has 1 unspecified atom stereocenters. The van der Waals surface area contributed by atoms with Gasteiger partial charge in [-0.1, -0.05) is 11.6 Å². The summed E-state index contributed by atoms with van der Waals surface area (Å²) in [6.45, 7) is 2.17. The van der Waals surface area contributed by atoms with Crippen molar-refractivity contribution >= 4 is 33.2 Å². The minimum atomic E-state index is -4.87. The van der Waals surface area contributed by atoms with Crippen LogP contribution in [0.3, 0.4) is 0 Å². The summed E-state index contributed by atoms with van der Waals surface area (Å²) in [5.74, 6) is -2.51. The molecule has 7 nitrogen and oxygen atoms in total. The normalized spacial score (nSPS) is 13.4. The first-order valence-electron chi connectivity index (χ1n) is 7.61. The number of nitrogens with one attached hydrogen (secondary N) is 2. The third-order valence-corrected chi connectivity index (χ3v) is 5.32. The summed E-state index contributed by atoms with van der Waals surface area (Å²) in [4.78, 5) is 15.2. The molecule has 0 saturated heterocycles. The third-order valence-electron chi connectivity index (χ3n) is 3.60. The number of aryl methyl sites for hydroxylation is 2. The Morgan fingerprint density at radius 1 is 1.32 bits per heavy atom. The number of halogens is 5. The molecule has 0 bridgehead atoms. The Kier molecular flexibility index (Phi) is 6.07. The van der Waals surface area contributed by atoms with E-state index in [0.29, 0.717) is 18.8 Å². The van der Waals surface area contributed by atoms with Crippen molar-refractivity contribution < 1.29 is 30.8 Å². The van der Waals surface area contributed by atoms with Crippen molar-refractivity contribution in [3.05, 3.63) is 40.7 Å². The molecule has 0 aliphatic carbocycles. The fourth-order valence-electron chi connectivity index (χ4n) is 2.27. The Morgan fingerprint density at radius 2 is 1.93 bits per heavy atom. The van der Waals surface area contributed by atoms with E-state index in [1.165, 1.54) is 23.9 Å².